The second-order valence-corrected chi connectivity index (χ2v) is 10.7. The van der Waals surface area contributed by atoms with E-state index in [4.69, 9.17) is 4.74 Å². The highest BCUT2D eigenvalue weighted by Gasteiger charge is 2.21. The van der Waals surface area contributed by atoms with Crippen molar-refractivity contribution in [3.8, 4) is 0 Å². The number of likely N-dealkylation sites (tertiary alicyclic amines) is 1. The molecule has 0 spiro atoms. The summed E-state index contributed by atoms with van der Waals surface area (Å²) >= 11 is 0. The van der Waals surface area contributed by atoms with Gasteiger partial charge in [0.15, 0.2) is 0 Å². The van der Waals surface area contributed by atoms with Gasteiger partial charge in [0.1, 0.15) is 0 Å². The lowest BCUT2D eigenvalue weighted by atomic mass is 9.90. The van der Waals surface area contributed by atoms with Crippen LogP contribution in [0.4, 0.5) is 0 Å². The Bertz CT molecular complexity index is 1080. The number of hydrogen-bond acceptors (Lipinski definition) is 4. The summed E-state index contributed by atoms with van der Waals surface area (Å²) in [6, 6.07) is 30.9. The number of morpholine rings is 1. The van der Waals surface area contributed by atoms with Crippen LogP contribution in [0.5, 0.6) is 0 Å². The summed E-state index contributed by atoms with van der Waals surface area (Å²) in [6.07, 6.45) is 5.95. The molecule has 2 aliphatic heterocycles. The molecular formula is C34H43N3O. The summed E-state index contributed by atoms with van der Waals surface area (Å²) in [5.74, 6) is 0.415. The van der Waals surface area contributed by atoms with Crippen molar-refractivity contribution in [1.29, 1.82) is 0 Å². The number of nitrogens with one attached hydrogen (secondary N) is 1. The second-order valence-electron chi connectivity index (χ2n) is 10.7. The first-order chi connectivity index (χ1) is 18.8. The second kappa shape index (κ2) is 14.4. The van der Waals surface area contributed by atoms with Gasteiger partial charge >= 0.3 is 0 Å². The van der Waals surface area contributed by atoms with E-state index >= 15 is 0 Å². The van der Waals surface area contributed by atoms with E-state index in [1.165, 1.54) is 28.7 Å². The van der Waals surface area contributed by atoms with Gasteiger partial charge in [0, 0.05) is 45.2 Å². The Labute approximate surface area is 229 Å². The molecule has 0 saturated carbocycles. The smallest absolute Gasteiger partial charge is 0.0594 e. The lowest BCUT2D eigenvalue weighted by molar-refractivity contribution is 0.0374. The fraction of sp³-hybridized carbons (Fsp3) is 0.412. The maximum atomic E-state index is 5.45. The van der Waals surface area contributed by atoms with Crippen molar-refractivity contribution in [2.45, 2.75) is 31.7 Å². The van der Waals surface area contributed by atoms with Crippen LogP contribution in [0, 0.1) is 0 Å². The fourth-order valence-corrected chi connectivity index (χ4v) is 5.73. The Morgan fingerprint density at radius 1 is 0.737 bits per heavy atom. The lowest BCUT2D eigenvalue weighted by Gasteiger charge is -2.32. The highest BCUT2D eigenvalue weighted by atomic mass is 16.5. The van der Waals surface area contributed by atoms with Gasteiger partial charge in [-0.25, -0.2) is 0 Å². The van der Waals surface area contributed by atoms with Gasteiger partial charge in [-0.15, -0.1) is 0 Å². The molecule has 2 heterocycles. The van der Waals surface area contributed by atoms with Gasteiger partial charge in [0.2, 0.25) is 0 Å². The van der Waals surface area contributed by atoms with Crippen LogP contribution in [0.15, 0.2) is 90.5 Å². The van der Waals surface area contributed by atoms with Crippen molar-refractivity contribution < 1.29 is 4.74 Å². The van der Waals surface area contributed by atoms with E-state index in [9.17, 15) is 0 Å². The topological polar surface area (TPSA) is 27.7 Å². The molecular weight excluding hydrogens is 466 g/mol. The first kappa shape index (κ1) is 26.8. The van der Waals surface area contributed by atoms with E-state index < -0.39 is 0 Å². The first-order valence-electron chi connectivity index (χ1n) is 14.5. The van der Waals surface area contributed by atoms with E-state index in [0.717, 1.165) is 78.4 Å². The number of hydrogen-bond donors (Lipinski definition) is 1. The summed E-state index contributed by atoms with van der Waals surface area (Å²) < 4.78 is 5.45. The summed E-state index contributed by atoms with van der Waals surface area (Å²) in [5, 5.41) is 3.68. The van der Waals surface area contributed by atoms with Crippen LogP contribution in [0.25, 0.3) is 6.08 Å². The van der Waals surface area contributed by atoms with E-state index in [1.807, 2.05) is 0 Å². The first-order valence-corrected chi connectivity index (χ1v) is 14.5. The third-order valence-corrected chi connectivity index (χ3v) is 8.00. The van der Waals surface area contributed by atoms with E-state index in [0.29, 0.717) is 5.92 Å². The molecule has 3 aromatic rings. The van der Waals surface area contributed by atoms with E-state index in [-0.39, 0.29) is 0 Å². The third kappa shape index (κ3) is 7.87. The van der Waals surface area contributed by atoms with Gasteiger partial charge in [0.25, 0.3) is 0 Å². The van der Waals surface area contributed by atoms with Crippen LogP contribution >= 0.6 is 0 Å². The zero-order chi connectivity index (χ0) is 25.8. The molecule has 0 bridgehead atoms. The molecule has 0 aliphatic carbocycles. The van der Waals surface area contributed by atoms with Gasteiger partial charge in [-0.1, -0.05) is 96.6 Å². The molecule has 0 aromatic heterocycles. The zero-order valence-electron chi connectivity index (χ0n) is 22.7. The Morgan fingerprint density at radius 3 is 2.05 bits per heavy atom. The van der Waals surface area contributed by atoms with Crippen molar-refractivity contribution >= 4 is 6.08 Å². The number of ether oxygens (including phenoxy) is 1. The predicted molar refractivity (Wildman–Crippen MR) is 158 cm³/mol. The summed E-state index contributed by atoms with van der Waals surface area (Å²) in [7, 11) is 0. The minimum atomic E-state index is 0.415. The predicted octanol–water partition coefficient (Wildman–Crippen LogP) is 5.81. The molecule has 4 nitrogen and oxygen atoms in total. The molecule has 5 rings (SSSR count). The summed E-state index contributed by atoms with van der Waals surface area (Å²) in [6.45, 7) is 10.4. The van der Waals surface area contributed by atoms with Gasteiger partial charge < -0.3 is 15.0 Å². The molecule has 2 aliphatic rings. The number of benzene rings is 3. The molecule has 0 atom stereocenters. The van der Waals surface area contributed by atoms with Crippen LogP contribution in [-0.2, 0) is 11.3 Å². The minimum Gasteiger partial charge on any atom is -0.379 e. The van der Waals surface area contributed by atoms with Crippen molar-refractivity contribution in [2.24, 2.45) is 0 Å². The lowest BCUT2D eigenvalue weighted by Crippen LogP contribution is -2.37. The van der Waals surface area contributed by atoms with Gasteiger partial charge in [-0.3, -0.25) is 4.90 Å². The van der Waals surface area contributed by atoms with Gasteiger partial charge in [-0.2, -0.15) is 0 Å². The summed E-state index contributed by atoms with van der Waals surface area (Å²) in [4.78, 5) is 5.17. The molecule has 0 amide bonds. The average molecular weight is 510 g/mol. The molecule has 0 radical (unpaired) electrons. The minimum absolute atomic E-state index is 0.415. The number of piperidine rings is 1. The van der Waals surface area contributed by atoms with Crippen molar-refractivity contribution in [2.75, 3.05) is 59.0 Å². The highest BCUT2D eigenvalue weighted by Crippen LogP contribution is 2.28. The molecule has 4 heteroatoms. The van der Waals surface area contributed by atoms with Crippen molar-refractivity contribution in [3.05, 3.63) is 113 Å². The molecule has 2 saturated heterocycles. The van der Waals surface area contributed by atoms with E-state index in [1.54, 1.807) is 5.57 Å². The molecule has 3 aromatic carbocycles. The standard InChI is InChI=1S/C34H43N3O/c1-3-10-30(11-4-1)34(31-12-5-2-6-13-31)28-37-20-16-29(17-21-37)26-32-14-7-8-15-33(32)27-35-18-9-19-36-22-24-38-25-23-36/h1-8,10-15,26,34-35H,9,16-25,27-28H2. The van der Waals surface area contributed by atoms with Crippen molar-refractivity contribution in [1.82, 2.24) is 15.1 Å². The van der Waals surface area contributed by atoms with Crippen LogP contribution < -0.4 is 5.32 Å². The third-order valence-electron chi connectivity index (χ3n) is 8.00. The van der Waals surface area contributed by atoms with Gasteiger partial charge in [0.05, 0.1) is 13.2 Å². The normalized spacial score (nSPS) is 17.1. The number of rotatable bonds is 11. The van der Waals surface area contributed by atoms with Crippen LogP contribution in [0.2, 0.25) is 0 Å². The Balaban J connectivity index is 1.13. The molecule has 1 N–H and O–H groups in total. The molecule has 2 fully saturated rings. The molecule has 0 unspecified atom stereocenters. The average Bonchev–Trinajstić information content (AvgIpc) is 2.99. The SMILES string of the molecule is C(=C1CCN(CC(c2ccccc2)c2ccccc2)CC1)c1ccccc1CNCCCN1CCOCC1. The maximum absolute atomic E-state index is 5.45. The van der Waals surface area contributed by atoms with Crippen LogP contribution in [-0.4, -0.2) is 68.8 Å². The maximum Gasteiger partial charge on any atom is 0.0594 e. The van der Waals surface area contributed by atoms with Crippen LogP contribution in [0.3, 0.4) is 0 Å². The van der Waals surface area contributed by atoms with Crippen molar-refractivity contribution in [3.63, 3.8) is 0 Å². The zero-order valence-corrected chi connectivity index (χ0v) is 22.7. The van der Waals surface area contributed by atoms with E-state index in [2.05, 4.69) is 106 Å². The summed E-state index contributed by atoms with van der Waals surface area (Å²) in [5.41, 5.74) is 7.18. The molecule has 200 valence electrons. The monoisotopic (exact) mass is 509 g/mol. The molecule has 38 heavy (non-hydrogen) atoms. The number of nitrogens with zero attached hydrogens (tertiary/aromatic N) is 2. The Kier molecular flexibility index (Phi) is 10.2. The Morgan fingerprint density at radius 2 is 1.37 bits per heavy atom. The van der Waals surface area contributed by atoms with Gasteiger partial charge in [-0.05, 0) is 54.6 Å². The largest absolute Gasteiger partial charge is 0.379 e. The fourth-order valence-electron chi connectivity index (χ4n) is 5.73. The highest BCUT2D eigenvalue weighted by molar-refractivity contribution is 5.57. The quantitative estimate of drug-likeness (QED) is 0.330. The van der Waals surface area contributed by atoms with Crippen LogP contribution in [0.1, 0.15) is 47.4 Å². The Hall–Kier alpha value is -2.76.